The first-order valence-electron chi connectivity index (χ1n) is 6.54. The van der Waals surface area contributed by atoms with Gasteiger partial charge < -0.3 is 0 Å². The highest BCUT2D eigenvalue weighted by molar-refractivity contribution is 5.18. The summed E-state index contributed by atoms with van der Waals surface area (Å²) in [5, 5.41) is 0. The Morgan fingerprint density at radius 2 is 1.89 bits per heavy atom. The molecule has 0 bridgehead atoms. The van der Waals surface area contributed by atoms with E-state index >= 15 is 0 Å². The van der Waals surface area contributed by atoms with E-state index in [2.05, 4.69) is 33.1 Å². The smallest absolute Gasteiger partial charge is 0.126 e. The number of hydrogen-bond acceptors (Lipinski definition) is 2. The molecule has 102 valence electrons. The van der Waals surface area contributed by atoms with Crippen LogP contribution in [0.1, 0.15) is 39.7 Å². The Bertz CT molecular complexity index is 371. The van der Waals surface area contributed by atoms with Crippen LogP contribution < -0.4 is 11.3 Å². The van der Waals surface area contributed by atoms with Gasteiger partial charge in [-0.3, -0.25) is 11.3 Å². The Kier molecular flexibility index (Phi) is 5.29. The van der Waals surface area contributed by atoms with Crippen LogP contribution in [-0.2, 0) is 6.42 Å². The van der Waals surface area contributed by atoms with Crippen molar-refractivity contribution in [2.24, 2.45) is 17.2 Å². The molecule has 0 aliphatic heterocycles. The molecule has 0 spiro atoms. The third-order valence-corrected chi connectivity index (χ3v) is 3.78. The molecule has 0 amide bonds. The quantitative estimate of drug-likeness (QED) is 0.623. The maximum absolute atomic E-state index is 13.6. The molecule has 2 atom stereocenters. The van der Waals surface area contributed by atoms with E-state index in [4.69, 9.17) is 5.84 Å². The van der Waals surface area contributed by atoms with Gasteiger partial charge in [-0.1, -0.05) is 45.9 Å². The SMILES string of the molecule is CC(CC(Cc1ccccc1F)NN)C(C)(C)C. The first-order chi connectivity index (χ1) is 8.34. The van der Waals surface area contributed by atoms with Crippen molar-refractivity contribution < 1.29 is 4.39 Å². The summed E-state index contributed by atoms with van der Waals surface area (Å²) < 4.78 is 13.6. The van der Waals surface area contributed by atoms with Crippen LogP contribution >= 0.6 is 0 Å². The number of nitrogens with two attached hydrogens (primary N) is 1. The number of benzene rings is 1. The summed E-state index contributed by atoms with van der Waals surface area (Å²) in [6, 6.07) is 6.99. The second kappa shape index (κ2) is 6.30. The topological polar surface area (TPSA) is 38.0 Å². The van der Waals surface area contributed by atoms with E-state index in [-0.39, 0.29) is 17.3 Å². The summed E-state index contributed by atoms with van der Waals surface area (Å²) in [6.45, 7) is 8.86. The molecule has 0 radical (unpaired) electrons. The van der Waals surface area contributed by atoms with Crippen LogP contribution in [0.5, 0.6) is 0 Å². The van der Waals surface area contributed by atoms with Crippen molar-refractivity contribution in [1.82, 2.24) is 5.43 Å². The average Bonchev–Trinajstić information content (AvgIpc) is 2.29. The first kappa shape index (κ1) is 15.1. The molecular formula is C15H25FN2. The van der Waals surface area contributed by atoms with E-state index in [0.29, 0.717) is 12.3 Å². The van der Waals surface area contributed by atoms with Crippen LogP contribution in [0.25, 0.3) is 0 Å². The molecule has 18 heavy (non-hydrogen) atoms. The van der Waals surface area contributed by atoms with Gasteiger partial charge in [-0.25, -0.2) is 4.39 Å². The van der Waals surface area contributed by atoms with Crippen LogP contribution in [0.4, 0.5) is 4.39 Å². The lowest BCUT2D eigenvalue weighted by molar-refractivity contribution is 0.222. The summed E-state index contributed by atoms with van der Waals surface area (Å²) in [4.78, 5) is 0. The molecule has 0 aliphatic carbocycles. The zero-order valence-corrected chi connectivity index (χ0v) is 11.8. The van der Waals surface area contributed by atoms with Crippen LogP contribution in [0.2, 0.25) is 0 Å². The summed E-state index contributed by atoms with van der Waals surface area (Å²) >= 11 is 0. The molecule has 3 heteroatoms. The van der Waals surface area contributed by atoms with E-state index in [1.165, 1.54) is 6.07 Å². The largest absolute Gasteiger partial charge is 0.271 e. The minimum absolute atomic E-state index is 0.108. The van der Waals surface area contributed by atoms with Crippen molar-refractivity contribution in [3.8, 4) is 0 Å². The number of hydrogen-bond donors (Lipinski definition) is 2. The highest BCUT2D eigenvalue weighted by Crippen LogP contribution is 2.29. The number of hydrazine groups is 1. The van der Waals surface area contributed by atoms with Crippen LogP contribution in [0.15, 0.2) is 24.3 Å². The molecule has 2 unspecified atom stereocenters. The molecule has 0 heterocycles. The number of nitrogens with one attached hydrogen (secondary N) is 1. The Morgan fingerprint density at radius 1 is 1.28 bits per heavy atom. The first-order valence-corrected chi connectivity index (χ1v) is 6.54. The van der Waals surface area contributed by atoms with E-state index < -0.39 is 0 Å². The molecule has 1 aromatic carbocycles. The average molecular weight is 252 g/mol. The molecular weight excluding hydrogens is 227 g/mol. The molecule has 1 aromatic rings. The summed E-state index contributed by atoms with van der Waals surface area (Å²) in [5.41, 5.74) is 3.78. The van der Waals surface area contributed by atoms with Gasteiger partial charge in [0.2, 0.25) is 0 Å². The van der Waals surface area contributed by atoms with Crippen LogP contribution in [0.3, 0.4) is 0 Å². The molecule has 3 N–H and O–H groups in total. The fourth-order valence-corrected chi connectivity index (χ4v) is 1.92. The van der Waals surface area contributed by atoms with Gasteiger partial charge in [-0.2, -0.15) is 0 Å². The zero-order valence-electron chi connectivity index (χ0n) is 11.8. The highest BCUT2D eigenvalue weighted by atomic mass is 19.1. The third-order valence-electron chi connectivity index (χ3n) is 3.78. The standard InChI is InChI=1S/C15H25FN2/c1-11(15(2,3)4)9-13(18-17)10-12-7-5-6-8-14(12)16/h5-8,11,13,18H,9-10,17H2,1-4H3. The molecule has 1 rings (SSSR count). The van der Waals surface area contributed by atoms with Crippen molar-refractivity contribution in [1.29, 1.82) is 0 Å². The third kappa shape index (κ3) is 4.39. The lowest BCUT2D eigenvalue weighted by Gasteiger charge is -2.30. The van der Waals surface area contributed by atoms with Crippen molar-refractivity contribution in [3.63, 3.8) is 0 Å². The van der Waals surface area contributed by atoms with Gasteiger partial charge in [0.15, 0.2) is 0 Å². The normalized spacial score (nSPS) is 15.4. The minimum Gasteiger partial charge on any atom is -0.271 e. The summed E-state index contributed by atoms with van der Waals surface area (Å²) in [6.07, 6.45) is 1.57. The minimum atomic E-state index is -0.152. The van der Waals surface area contributed by atoms with Gasteiger partial charge in [-0.05, 0) is 35.8 Å². The van der Waals surface area contributed by atoms with Gasteiger partial charge in [0.25, 0.3) is 0 Å². The molecule has 0 fully saturated rings. The Balaban J connectivity index is 2.66. The predicted molar refractivity (Wildman–Crippen MR) is 74.5 cm³/mol. The van der Waals surface area contributed by atoms with E-state index in [0.717, 1.165) is 12.0 Å². The molecule has 0 saturated heterocycles. The maximum Gasteiger partial charge on any atom is 0.126 e. The Hall–Kier alpha value is -0.930. The molecule has 2 nitrogen and oxygen atoms in total. The van der Waals surface area contributed by atoms with Crippen LogP contribution in [0, 0.1) is 17.2 Å². The second-order valence-electron chi connectivity index (χ2n) is 6.16. The van der Waals surface area contributed by atoms with Gasteiger partial charge in [-0.15, -0.1) is 0 Å². The Morgan fingerprint density at radius 3 is 2.39 bits per heavy atom. The number of rotatable bonds is 5. The van der Waals surface area contributed by atoms with E-state index in [1.54, 1.807) is 6.07 Å². The van der Waals surface area contributed by atoms with Crippen molar-refractivity contribution >= 4 is 0 Å². The molecule has 0 saturated carbocycles. The fourth-order valence-electron chi connectivity index (χ4n) is 1.92. The zero-order chi connectivity index (χ0) is 13.8. The van der Waals surface area contributed by atoms with Crippen LogP contribution in [-0.4, -0.2) is 6.04 Å². The maximum atomic E-state index is 13.6. The highest BCUT2D eigenvalue weighted by Gasteiger charge is 2.23. The van der Waals surface area contributed by atoms with E-state index in [1.807, 2.05) is 12.1 Å². The molecule has 0 aliphatic rings. The van der Waals surface area contributed by atoms with E-state index in [9.17, 15) is 4.39 Å². The second-order valence-corrected chi connectivity index (χ2v) is 6.16. The number of halogens is 1. The molecule has 0 aromatic heterocycles. The van der Waals surface area contributed by atoms with Crippen molar-refractivity contribution in [2.75, 3.05) is 0 Å². The van der Waals surface area contributed by atoms with Gasteiger partial charge in [0, 0.05) is 6.04 Å². The summed E-state index contributed by atoms with van der Waals surface area (Å²) in [7, 11) is 0. The Labute approximate surface area is 110 Å². The fraction of sp³-hybridized carbons (Fsp3) is 0.600. The summed E-state index contributed by atoms with van der Waals surface area (Å²) in [5.74, 6) is 5.96. The predicted octanol–water partition coefficient (Wildman–Crippen LogP) is 3.27. The van der Waals surface area contributed by atoms with Gasteiger partial charge >= 0.3 is 0 Å². The lowest BCUT2D eigenvalue weighted by atomic mass is 9.78. The van der Waals surface area contributed by atoms with Crippen molar-refractivity contribution in [3.05, 3.63) is 35.6 Å². The monoisotopic (exact) mass is 252 g/mol. The lowest BCUT2D eigenvalue weighted by Crippen LogP contribution is -2.39. The van der Waals surface area contributed by atoms with Gasteiger partial charge in [0.05, 0.1) is 0 Å². The van der Waals surface area contributed by atoms with Gasteiger partial charge in [0.1, 0.15) is 5.82 Å². The van der Waals surface area contributed by atoms with Crippen molar-refractivity contribution in [2.45, 2.75) is 46.6 Å².